The van der Waals surface area contributed by atoms with Gasteiger partial charge in [-0.2, -0.15) is 0 Å². The number of pyridine rings is 2. The molecule has 0 amide bonds. The quantitative estimate of drug-likeness (QED) is 0.431. The predicted octanol–water partition coefficient (Wildman–Crippen LogP) is 4.94. The summed E-state index contributed by atoms with van der Waals surface area (Å²) in [6.07, 6.45) is 5.59. The third-order valence-corrected chi connectivity index (χ3v) is 6.29. The summed E-state index contributed by atoms with van der Waals surface area (Å²) in [5, 5.41) is 15.8. The van der Waals surface area contributed by atoms with E-state index in [0.29, 0.717) is 6.04 Å². The Kier molecular flexibility index (Phi) is 4.58. The molecule has 32 heavy (non-hydrogen) atoms. The molecule has 1 saturated heterocycles. The van der Waals surface area contributed by atoms with Crippen molar-refractivity contribution in [2.24, 2.45) is 0 Å². The maximum absolute atomic E-state index is 9.96. The first-order valence-corrected chi connectivity index (χ1v) is 11.0. The van der Waals surface area contributed by atoms with Crippen molar-refractivity contribution in [1.29, 1.82) is 0 Å². The second-order valence-electron chi connectivity index (χ2n) is 8.32. The van der Waals surface area contributed by atoms with Crippen LogP contribution in [-0.4, -0.2) is 37.7 Å². The molecule has 0 radical (unpaired) electrons. The molecule has 2 aromatic carbocycles. The third-order valence-electron chi connectivity index (χ3n) is 6.29. The number of piperidine rings is 1. The van der Waals surface area contributed by atoms with E-state index in [-0.39, 0.29) is 5.88 Å². The van der Waals surface area contributed by atoms with Gasteiger partial charge in [-0.3, -0.25) is 0 Å². The summed E-state index contributed by atoms with van der Waals surface area (Å²) in [6.45, 7) is 1.95. The van der Waals surface area contributed by atoms with Gasteiger partial charge in [-0.05, 0) is 60.5 Å². The Morgan fingerprint density at radius 1 is 0.844 bits per heavy atom. The Morgan fingerprint density at radius 2 is 1.69 bits per heavy atom. The number of hydrogen-bond donors (Lipinski definition) is 2. The van der Waals surface area contributed by atoms with Crippen LogP contribution in [0.1, 0.15) is 18.9 Å². The molecule has 1 fully saturated rings. The Hall–Kier alpha value is -3.77. The average Bonchev–Trinajstić information content (AvgIpc) is 3.23. The minimum atomic E-state index is -0.00349. The lowest BCUT2D eigenvalue weighted by atomic mass is 10.0. The smallest absolute Gasteiger partial charge is 0.211 e. The van der Waals surface area contributed by atoms with Crippen molar-refractivity contribution in [3.8, 4) is 28.4 Å². The maximum Gasteiger partial charge on any atom is 0.211 e. The second kappa shape index (κ2) is 7.73. The van der Waals surface area contributed by atoms with Crippen LogP contribution in [0.4, 0.5) is 0 Å². The fourth-order valence-corrected chi connectivity index (χ4v) is 4.68. The highest BCUT2D eigenvalue weighted by atomic mass is 16.3. The van der Waals surface area contributed by atoms with Crippen molar-refractivity contribution in [2.45, 2.75) is 18.9 Å². The largest absolute Gasteiger partial charge is 0.493 e. The number of imidazole rings is 1. The van der Waals surface area contributed by atoms with Crippen molar-refractivity contribution < 1.29 is 5.11 Å². The molecule has 1 aliphatic rings. The molecular formula is C26H23N5O. The fraction of sp³-hybridized carbons (Fsp3) is 0.192. The number of aromatic nitrogens is 4. The molecule has 0 aliphatic carbocycles. The zero-order valence-electron chi connectivity index (χ0n) is 17.6. The van der Waals surface area contributed by atoms with Gasteiger partial charge in [0, 0.05) is 35.6 Å². The number of nitrogens with one attached hydrogen (secondary N) is 1. The SMILES string of the molecule is Oc1cc(-c2nc3cc(-c4ccc5ccccc5c4)cnc3n2C2CCNCC2)ccn1. The molecule has 5 aromatic rings. The molecule has 0 saturated carbocycles. The lowest BCUT2D eigenvalue weighted by molar-refractivity contribution is 0.376. The van der Waals surface area contributed by atoms with Gasteiger partial charge in [0.15, 0.2) is 5.65 Å². The Morgan fingerprint density at radius 3 is 2.53 bits per heavy atom. The predicted molar refractivity (Wildman–Crippen MR) is 127 cm³/mol. The van der Waals surface area contributed by atoms with E-state index in [9.17, 15) is 5.11 Å². The van der Waals surface area contributed by atoms with Crippen LogP contribution in [0.2, 0.25) is 0 Å². The fourth-order valence-electron chi connectivity index (χ4n) is 4.68. The highest BCUT2D eigenvalue weighted by molar-refractivity contribution is 5.89. The Balaban J connectivity index is 1.52. The van der Waals surface area contributed by atoms with Crippen LogP contribution in [-0.2, 0) is 0 Å². The monoisotopic (exact) mass is 421 g/mol. The summed E-state index contributed by atoms with van der Waals surface area (Å²) in [5.74, 6) is 0.823. The van der Waals surface area contributed by atoms with Crippen LogP contribution < -0.4 is 5.32 Å². The summed E-state index contributed by atoms with van der Waals surface area (Å²) in [4.78, 5) is 13.8. The average molecular weight is 422 g/mol. The van der Waals surface area contributed by atoms with Gasteiger partial charge in [0.25, 0.3) is 0 Å². The Bertz CT molecular complexity index is 1440. The van der Waals surface area contributed by atoms with Gasteiger partial charge in [0.1, 0.15) is 11.3 Å². The topological polar surface area (TPSA) is 75.9 Å². The third kappa shape index (κ3) is 3.29. The van der Waals surface area contributed by atoms with Gasteiger partial charge in [-0.15, -0.1) is 0 Å². The highest BCUT2D eigenvalue weighted by Crippen LogP contribution is 2.34. The summed E-state index contributed by atoms with van der Waals surface area (Å²) in [5.41, 5.74) is 4.76. The van der Waals surface area contributed by atoms with E-state index in [2.05, 4.69) is 63.4 Å². The first-order valence-electron chi connectivity index (χ1n) is 11.0. The molecule has 158 valence electrons. The molecule has 0 atom stereocenters. The first-order chi connectivity index (χ1) is 15.8. The molecule has 6 nitrogen and oxygen atoms in total. The van der Waals surface area contributed by atoms with E-state index >= 15 is 0 Å². The standard InChI is InChI=1S/C26H23N5O/c32-24-15-20(7-12-28-24)25-30-23-14-21(19-6-5-17-3-1-2-4-18(17)13-19)16-29-26(23)31(25)22-8-10-27-11-9-22/h1-7,12-16,22,27H,8-11H2,(H,28,32). The minimum Gasteiger partial charge on any atom is -0.493 e. The number of benzene rings is 2. The number of nitrogens with zero attached hydrogens (tertiary/aromatic N) is 4. The zero-order valence-corrected chi connectivity index (χ0v) is 17.6. The number of hydrogen-bond acceptors (Lipinski definition) is 5. The van der Waals surface area contributed by atoms with E-state index in [1.807, 2.05) is 12.3 Å². The number of fused-ring (bicyclic) bond motifs is 2. The van der Waals surface area contributed by atoms with Gasteiger partial charge < -0.3 is 15.0 Å². The van der Waals surface area contributed by atoms with Crippen LogP contribution in [0, 0.1) is 0 Å². The first kappa shape index (κ1) is 19.0. The van der Waals surface area contributed by atoms with E-state index in [0.717, 1.165) is 59.6 Å². The van der Waals surface area contributed by atoms with Crippen molar-refractivity contribution in [1.82, 2.24) is 24.8 Å². The summed E-state index contributed by atoms with van der Waals surface area (Å²) < 4.78 is 2.25. The number of aromatic hydroxyl groups is 1. The summed E-state index contributed by atoms with van der Waals surface area (Å²) in [7, 11) is 0. The maximum atomic E-state index is 9.96. The van der Waals surface area contributed by atoms with Crippen molar-refractivity contribution in [3.05, 3.63) is 73.1 Å². The minimum absolute atomic E-state index is 0.00349. The van der Waals surface area contributed by atoms with Crippen LogP contribution >= 0.6 is 0 Å². The van der Waals surface area contributed by atoms with Crippen LogP contribution in [0.15, 0.2) is 73.1 Å². The van der Waals surface area contributed by atoms with E-state index in [1.165, 1.54) is 10.8 Å². The summed E-state index contributed by atoms with van der Waals surface area (Å²) >= 11 is 0. The highest BCUT2D eigenvalue weighted by Gasteiger charge is 2.23. The lowest BCUT2D eigenvalue weighted by Crippen LogP contribution is -2.29. The van der Waals surface area contributed by atoms with Gasteiger partial charge in [0.2, 0.25) is 5.88 Å². The molecule has 3 aromatic heterocycles. The molecular weight excluding hydrogens is 398 g/mol. The molecule has 6 heteroatoms. The lowest BCUT2D eigenvalue weighted by Gasteiger charge is -2.26. The molecule has 1 aliphatic heterocycles. The molecule has 6 rings (SSSR count). The van der Waals surface area contributed by atoms with Gasteiger partial charge >= 0.3 is 0 Å². The van der Waals surface area contributed by atoms with Crippen LogP contribution in [0.25, 0.3) is 44.5 Å². The van der Waals surface area contributed by atoms with Crippen LogP contribution in [0.3, 0.4) is 0 Å². The summed E-state index contributed by atoms with van der Waals surface area (Å²) in [6, 6.07) is 20.8. The van der Waals surface area contributed by atoms with Crippen molar-refractivity contribution in [3.63, 3.8) is 0 Å². The second-order valence-corrected chi connectivity index (χ2v) is 8.32. The van der Waals surface area contributed by atoms with Crippen LogP contribution in [0.5, 0.6) is 5.88 Å². The van der Waals surface area contributed by atoms with Crippen molar-refractivity contribution in [2.75, 3.05) is 13.1 Å². The van der Waals surface area contributed by atoms with E-state index in [4.69, 9.17) is 9.97 Å². The van der Waals surface area contributed by atoms with E-state index < -0.39 is 0 Å². The van der Waals surface area contributed by atoms with Gasteiger partial charge in [-0.25, -0.2) is 15.0 Å². The molecule has 0 spiro atoms. The normalized spacial score (nSPS) is 14.9. The van der Waals surface area contributed by atoms with Gasteiger partial charge in [-0.1, -0.05) is 36.4 Å². The molecule has 0 unspecified atom stereocenters. The molecule has 2 N–H and O–H groups in total. The van der Waals surface area contributed by atoms with Gasteiger partial charge in [0.05, 0.1) is 0 Å². The number of rotatable bonds is 3. The zero-order chi connectivity index (χ0) is 21.5. The Labute approximate surface area is 185 Å². The van der Waals surface area contributed by atoms with Crippen molar-refractivity contribution >= 4 is 21.9 Å². The molecule has 0 bridgehead atoms. The molecule has 4 heterocycles. The van der Waals surface area contributed by atoms with E-state index in [1.54, 1.807) is 12.3 Å².